The number of thiophene rings is 1. The van der Waals surface area contributed by atoms with E-state index in [1.54, 1.807) is 6.26 Å². The first-order chi connectivity index (χ1) is 14.4. The number of primary amides is 1. The molecule has 0 bridgehead atoms. The first kappa shape index (κ1) is 23.7. The van der Waals surface area contributed by atoms with Gasteiger partial charge >= 0.3 is 6.03 Å². The molecule has 5 amide bonds. The second-order valence-corrected chi connectivity index (χ2v) is 8.65. The van der Waals surface area contributed by atoms with Gasteiger partial charge in [-0.3, -0.25) is 14.4 Å². The average molecular weight is 454 g/mol. The summed E-state index contributed by atoms with van der Waals surface area (Å²) in [5.74, 6) is -1.17. The fraction of sp³-hybridized carbons (Fsp3) is 0.474. The lowest BCUT2D eigenvalue weighted by atomic mass is 10.1. The number of nitrogens with two attached hydrogens (primary N) is 1. The minimum Gasteiger partial charge on any atom is -0.368 e. The van der Waals surface area contributed by atoms with E-state index in [9.17, 15) is 19.2 Å². The highest BCUT2D eigenvalue weighted by atomic mass is 32.2. The second-order valence-electron chi connectivity index (χ2n) is 6.75. The molecule has 5 N–H and O–H groups in total. The molecule has 1 fully saturated rings. The zero-order chi connectivity index (χ0) is 22.1. The molecule has 1 aromatic heterocycles. The Labute approximate surface area is 183 Å². The first-order valence-electron chi connectivity index (χ1n) is 9.43. The van der Waals surface area contributed by atoms with Crippen LogP contribution in [0.5, 0.6) is 0 Å². The van der Waals surface area contributed by atoms with Crippen LogP contribution in [-0.4, -0.2) is 71.9 Å². The van der Waals surface area contributed by atoms with Crippen molar-refractivity contribution in [2.24, 2.45) is 5.73 Å². The van der Waals surface area contributed by atoms with Gasteiger partial charge in [0.05, 0.1) is 11.8 Å². The minimum absolute atomic E-state index is 0.202. The maximum Gasteiger partial charge on any atom is 0.315 e. The molecule has 3 unspecified atom stereocenters. The smallest absolute Gasteiger partial charge is 0.315 e. The summed E-state index contributed by atoms with van der Waals surface area (Å²) in [4.78, 5) is 52.0. The Morgan fingerprint density at radius 1 is 1.43 bits per heavy atom. The van der Waals surface area contributed by atoms with Crippen LogP contribution in [0.25, 0.3) is 0 Å². The van der Waals surface area contributed by atoms with Crippen LogP contribution in [0.2, 0.25) is 0 Å². The predicted molar refractivity (Wildman–Crippen MR) is 118 cm³/mol. The number of hydrogen-bond donors (Lipinski definition) is 4. The quantitative estimate of drug-likeness (QED) is 0.372. The number of thioether (sulfide) groups is 1. The van der Waals surface area contributed by atoms with E-state index < -0.39 is 36.0 Å². The zero-order valence-corrected chi connectivity index (χ0v) is 18.4. The number of amides is 5. The van der Waals surface area contributed by atoms with Gasteiger partial charge in [0, 0.05) is 24.4 Å². The van der Waals surface area contributed by atoms with Gasteiger partial charge in [0.15, 0.2) is 0 Å². The number of nitrogens with one attached hydrogen (secondary N) is 3. The summed E-state index contributed by atoms with van der Waals surface area (Å²) >= 11 is 2.81. The van der Waals surface area contributed by atoms with Gasteiger partial charge in [-0.1, -0.05) is 12.1 Å². The average Bonchev–Trinajstić information content (AvgIpc) is 3.35. The molecular weight excluding hydrogens is 426 g/mol. The number of urea groups is 1. The largest absolute Gasteiger partial charge is 0.368 e. The second kappa shape index (κ2) is 11.6. The highest BCUT2D eigenvalue weighted by molar-refractivity contribution is 7.99. The van der Waals surface area contributed by atoms with Gasteiger partial charge in [-0.2, -0.15) is 11.8 Å². The van der Waals surface area contributed by atoms with Gasteiger partial charge in [-0.05, 0) is 24.1 Å². The van der Waals surface area contributed by atoms with E-state index in [1.807, 2.05) is 17.5 Å². The molecule has 0 radical (unpaired) electrons. The van der Waals surface area contributed by atoms with E-state index in [4.69, 9.17) is 5.73 Å². The molecule has 0 aliphatic carbocycles. The lowest BCUT2D eigenvalue weighted by molar-refractivity contribution is -0.138. The third kappa shape index (κ3) is 6.49. The van der Waals surface area contributed by atoms with Crippen molar-refractivity contribution in [1.29, 1.82) is 0 Å². The van der Waals surface area contributed by atoms with Gasteiger partial charge in [-0.15, -0.1) is 17.9 Å². The molecule has 1 saturated heterocycles. The number of nitrogens with zero attached hydrogens (tertiary/aromatic N) is 1. The molecule has 3 atom stereocenters. The fourth-order valence-corrected chi connectivity index (χ4v) is 4.41. The van der Waals surface area contributed by atoms with Crippen LogP contribution >= 0.6 is 23.1 Å². The number of hydrogen-bond acceptors (Lipinski definition) is 6. The van der Waals surface area contributed by atoms with Gasteiger partial charge in [0.2, 0.25) is 17.7 Å². The summed E-state index contributed by atoms with van der Waals surface area (Å²) in [7, 11) is 0. The maximum atomic E-state index is 13.1. The molecule has 0 spiro atoms. The van der Waals surface area contributed by atoms with Gasteiger partial charge in [0.1, 0.15) is 12.1 Å². The third-order valence-corrected chi connectivity index (χ3v) is 6.06. The standard InChI is InChI=1S/C19H27N5O4S2/c1-3-7-21-19(28)23-13-6-8-24(15(25)11-29-2)16(13)18(27)22-14(17(20)26)10-12-5-4-9-30-12/h3-5,9,13-14,16H,1,6-8,10-11H2,2H3,(H2,20,26)(H,22,27)(H2,21,23,28). The Morgan fingerprint density at radius 3 is 2.80 bits per heavy atom. The van der Waals surface area contributed by atoms with E-state index in [2.05, 4.69) is 22.5 Å². The van der Waals surface area contributed by atoms with Crippen LogP contribution in [0, 0.1) is 0 Å². The summed E-state index contributed by atoms with van der Waals surface area (Å²) in [5, 5.41) is 9.89. The van der Waals surface area contributed by atoms with Crippen molar-refractivity contribution < 1.29 is 19.2 Å². The Bertz CT molecular complexity index is 771. The molecular formula is C19H27N5O4S2. The molecule has 1 aliphatic heterocycles. The van der Waals surface area contributed by atoms with Crippen LogP contribution in [0.3, 0.4) is 0 Å². The minimum atomic E-state index is -0.927. The summed E-state index contributed by atoms with van der Waals surface area (Å²) in [6.07, 6.45) is 4.02. The van der Waals surface area contributed by atoms with Crippen molar-refractivity contribution in [3.05, 3.63) is 35.0 Å². The highest BCUT2D eigenvalue weighted by Crippen LogP contribution is 2.20. The van der Waals surface area contributed by atoms with Crippen molar-refractivity contribution in [2.45, 2.75) is 31.0 Å². The van der Waals surface area contributed by atoms with Crippen molar-refractivity contribution in [3.8, 4) is 0 Å². The summed E-state index contributed by atoms with van der Waals surface area (Å²) in [6.45, 7) is 4.14. The molecule has 1 aromatic rings. The molecule has 2 heterocycles. The monoisotopic (exact) mass is 453 g/mol. The van der Waals surface area contributed by atoms with Crippen LogP contribution in [0.15, 0.2) is 30.2 Å². The highest BCUT2D eigenvalue weighted by Gasteiger charge is 2.43. The Morgan fingerprint density at radius 2 is 2.20 bits per heavy atom. The van der Waals surface area contributed by atoms with E-state index in [1.165, 1.54) is 34.1 Å². The van der Waals surface area contributed by atoms with Crippen molar-refractivity contribution >= 4 is 46.9 Å². The number of likely N-dealkylation sites (tertiary alicyclic amines) is 1. The van der Waals surface area contributed by atoms with E-state index in [0.717, 1.165) is 4.88 Å². The van der Waals surface area contributed by atoms with Gasteiger partial charge in [-0.25, -0.2) is 4.79 Å². The first-order valence-corrected chi connectivity index (χ1v) is 11.7. The molecule has 0 aromatic carbocycles. The molecule has 11 heteroatoms. The predicted octanol–water partition coefficient (Wildman–Crippen LogP) is 0.0784. The van der Waals surface area contributed by atoms with Crippen LogP contribution in [0.4, 0.5) is 4.79 Å². The number of carbonyl (C=O) groups excluding carboxylic acids is 4. The molecule has 1 aliphatic rings. The molecule has 30 heavy (non-hydrogen) atoms. The Kier molecular flexibility index (Phi) is 9.18. The Hall–Kier alpha value is -2.53. The lowest BCUT2D eigenvalue weighted by Gasteiger charge is -2.29. The van der Waals surface area contributed by atoms with E-state index in [0.29, 0.717) is 13.0 Å². The fourth-order valence-electron chi connectivity index (χ4n) is 3.25. The molecule has 9 nitrogen and oxygen atoms in total. The topological polar surface area (TPSA) is 134 Å². The van der Waals surface area contributed by atoms with Crippen LogP contribution in [-0.2, 0) is 20.8 Å². The van der Waals surface area contributed by atoms with E-state index >= 15 is 0 Å². The molecule has 2 rings (SSSR count). The lowest BCUT2D eigenvalue weighted by Crippen LogP contribution is -2.59. The summed E-state index contributed by atoms with van der Waals surface area (Å²) < 4.78 is 0. The number of rotatable bonds is 10. The van der Waals surface area contributed by atoms with Gasteiger partial charge in [0.25, 0.3) is 0 Å². The van der Waals surface area contributed by atoms with Crippen molar-refractivity contribution in [1.82, 2.24) is 20.9 Å². The SMILES string of the molecule is C=CCNC(=O)NC1CCN(C(=O)CSC)C1C(=O)NC(Cc1cccs1)C(N)=O. The summed E-state index contributed by atoms with van der Waals surface area (Å²) in [6, 6.07) is 0.818. The zero-order valence-electron chi connectivity index (χ0n) is 16.8. The maximum absolute atomic E-state index is 13.1. The normalized spacial score (nSPS) is 19.0. The molecule has 164 valence electrons. The molecule has 0 saturated carbocycles. The third-order valence-electron chi connectivity index (χ3n) is 4.62. The van der Waals surface area contributed by atoms with Crippen LogP contribution in [0.1, 0.15) is 11.3 Å². The van der Waals surface area contributed by atoms with Crippen molar-refractivity contribution in [2.75, 3.05) is 25.1 Å². The van der Waals surface area contributed by atoms with Crippen molar-refractivity contribution in [3.63, 3.8) is 0 Å². The van der Waals surface area contributed by atoms with E-state index in [-0.39, 0.29) is 24.6 Å². The van der Waals surface area contributed by atoms with Gasteiger partial charge < -0.3 is 26.6 Å². The summed E-state index contributed by atoms with van der Waals surface area (Å²) in [5.41, 5.74) is 5.49. The van der Waals surface area contributed by atoms with Crippen LogP contribution < -0.4 is 21.7 Å². The number of carbonyl (C=O) groups is 4. The Balaban J connectivity index is 2.15.